The summed E-state index contributed by atoms with van der Waals surface area (Å²) in [6.45, 7) is 5.96. The number of carbonyl (C=O) groups is 2. The van der Waals surface area contributed by atoms with Gasteiger partial charge in [0.1, 0.15) is 12.4 Å². The smallest absolute Gasteiger partial charge is 0.414 e. The monoisotopic (exact) mass is 408 g/mol. The third-order valence-electron chi connectivity index (χ3n) is 2.95. The van der Waals surface area contributed by atoms with Gasteiger partial charge in [-0.05, 0) is 18.2 Å². The molecule has 1 saturated heterocycles. The van der Waals surface area contributed by atoms with Crippen LogP contribution in [0.15, 0.2) is 22.7 Å². The molecular weight excluding hydrogens is 392 g/mol. The van der Waals surface area contributed by atoms with Gasteiger partial charge in [0.2, 0.25) is 0 Å². The fourth-order valence-corrected chi connectivity index (χ4v) is 2.54. The van der Waals surface area contributed by atoms with Gasteiger partial charge in [0.25, 0.3) is 0 Å². The van der Waals surface area contributed by atoms with E-state index in [1.807, 2.05) is 18.2 Å². The van der Waals surface area contributed by atoms with E-state index in [9.17, 15) is 0 Å². The Morgan fingerprint density at radius 2 is 1.87 bits per heavy atom. The second-order valence-electron chi connectivity index (χ2n) is 4.63. The van der Waals surface area contributed by atoms with Gasteiger partial charge < -0.3 is 20.3 Å². The number of hydrogen-bond acceptors (Lipinski definition) is 5. The number of aliphatic carboxylic acids is 2. The SMILES string of the molecule is Clc1cc(Br)ccc1OCCN1CCNCC1.O=C(O)C(=O)O. The van der Waals surface area contributed by atoms with Crippen LogP contribution in [0.2, 0.25) is 5.02 Å². The van der Waals surface area contributed by atoms with Crippen molar-refractivity contribution in [3.8, 4) is 5.75 Å². The molecule has 2 rings (SSSR count). The molecule has 1 aromatic carbocycles. The van der Waals surface area contributed by atoms with Crippen LogP contribution in [0.1, 0.15) is 0 Å². The maximum Gasteiger partial charge on any atom is 0.414 e. The van der Waals surface area contributed by atoms with Gasteiger partial charge in [-0.3, -0.25) is 4.90 Å². The minimum atomic E-state index is -1.82. The van der Waals surface area contributed by atoms with Crippen molar-refractivity contribution in [3.05, 3.63) is 27.7 Å². The van der Waals surface area contributed by atoms with E-state index in [1.54, 1.807) is 0 Å². The molecule has 128 valence electrons. The summed E-state index contributed by atoms with van der Waals surface area (Å²) in [5.74, 6) is -2.89. The number of carboxylic acid groups (broad SMARTS) is 2. The largest absolute Gasteiger partial charge is 0.491 e. The fraction of sp³-hybridized carbons (Fsp3) is 0.429. The van der Waals surface area contributed by atoms with Gasteiger partial charge in [0.15, 0.2) is 0 Å². The van der Waals surface area contributed by atoms with E-state index in [0.29, 0.717) is 11.6 Å². The van der Waals surface area contributed by atoms with Gasteiger partial charge in [0.05, 0.1) is 5.02 Å². The minimum absolute atomic E-state index is 0.652. The summed E-state index contributed by atoms with van der Waals surface area (Å²) in [6, 6.07) is 5.68. The summed E-state index contributed by atoms with van der Waals surface area (Å²) in [5.41, 5.74) is 0. The average Bonchev–Trinajstić information content (AvgIpc) is 2.51. The number of carboxylic acids is 2. The first-order valence-electron chi connectivity index (χ1n) is 6.87. The summed E-state index contributed by atoms with van der Waals surface area (Å²) in [5, 5.41) is 18.8. The van der Waals surface area contributed by atoms with Crippen molar-refractivity contribution in [1.29, 1.82) is 0 Å². The Bertz CT molecular complexity index is 526. The number of benzene rings is 1. The molecule has 1 aromatic rings. The number of nitrogens with one attached hydrogen (secondary N) is 1. The summed E-state index contributed by atoms with van der Waals surface area (Å²) in [4.78, 5) is 20.6. The second kappa shape index (κ2) is 10.4. The van der Waals surface area contributed by atoms with Crippen molar-refractivity contribution in [1.82, 2.24) is 10.2 Å². The van der Waals surface area contributed by atoms with Crippen molar-refractivity contribution in [3.63, 3.8) is 0 Å². The predicted molar refractivity (Wildman–Crippen MR) is 89.2 cm³/mol. The molecule has 0 bridgehead atoms. The van der Waals surface area contributed by atoms with Crippen LogP contribution in [-0.4, -0.2) is 66.4 Å². The standard InChI is InChI=1S/C12H16BrClN2O.C2H2O4/c13-10-1-2-12(11(14)9-10)17-8-7-16-5-3-15-4-6-16;3-1(4)2(5)6/h1-2,9,15H,3-8H2;(H,3,4)(H,5,6). The van der Waals surface area contributed by atoms with E-state index in [4.69, 9.17) is 36.1 Å². The van der Waals surface area contributed by atoms with Gasteiger partial charge in [-0.1, -0.05) is 27.5 Å². The van der Waals surface area contributed by atoms with E-state index in [2.05, 4.69) is 26.1 Å². The van der Waals surface area contributed by atoms with Crippen molar-refractivity contribution in [2.45, 2.75) is 0 Å². The number of ether oxygens (including phenoxy) is 1. The number of piperazine rings is 1. The van der Waals surface area contributed by atoms with Crippen LogP contribution in [0.3, 0.4) is 0 Å². The van der Waals surface area contributed by atoms with Crippen LogP contribution >= 0.6 is 27.5 Å². The summed E-state index contributed by atoms with van der Waals surface area (Å²) >= 11 is 9.44. The highest BCUT2D eigenvalue weighted by molar-refractivity contribution is 9.10. The molecule has 1 aliphatic rings. The quantitative estimate of drug-likeness (QED) is 0.649. The minimum Gasteiger partial charge on any atom is -0.491 e. The second-order valence-corrected chi connectivity index (χ2v) is 5.95. The molecule has 0 aliphatic carbocycles. The molecule has 3 N–H and O–H groups in total. The Balaban J connectivity index is 0.000000379. The molecule has 0 unspecified atom stereocenters. The van der Waals surface area contributed by atoms with E-state index in [1.165, 1.54) is 0 Å². The zero-order valence-electron chi connectivity index (χ0n) is 12.3. The highest BCUT2D eigenvalue weighted by Crippen LogP contribution is 2.27. The fourth-order valence-electron chi connectivity index (χ4n) is 1.81. The molecule has 1 fully saturated rings. The maximum atomic E-state index is 9.10. The van der Waals surface area contributed by atoms with Crippen LogP contribution < -0.4 is 10.1 Å². The zero-order chi connectivity index (χ0) is 17.2. The zero-order valence-corrected chi connectivity index (χ0v) is 14.6. The molecule has 23 heavy (non-hydrogen) atoms. The van der Waals surface area contributed by atoms with Crippen LogP contribution in [0.4, 0.5) is 0 Å². The van der Waals surface area contributed by atoms with Gasteiger partial charge >= 0.3 is 11.9 Å². The Morgan fingerprint density at radius 3 is 2.39 bits per heavy atom. The van der Waals surface area contributed by atoms with Crippen LogP contribution in [0.5, 0.6) is 5.75 Å². The highest BCUT2D eigenvalue weighted by atomic mass is 79.9. The lowest BCUT2D eigenvalue weighted by Crippen LogP contribution is -2.44. The van der Waals surface area contributed by atoms with Crippen molar-refractivity contribution >= 4 is 39.5 Å². The Labute approximate surface area is 147 Å². The average molecular weight is 410 g/mol. The first-order chi connectivity index (χ1) is 10.9. The van der Waals surface area contributed by atoms with Gasteiger partial charge in [-0.25, -0.2) is 9.59 Å². The molecule has 0 radical (unpaired) electrons. The van der Waals surface area contributed by atoms with E-state index < -0.39 is 11.9 Å². The van der Waals surface area contributed by atoms with E-state index >= 15 is 0 Å². The van der Waals surface area contributed by atoms with Gasteiger partial charge in [-0.15, -0.1) is 0 Å². The molecule has 7 nitrogen and oxygen atoms in total. The Hall–Kier alpha value is -1.35. The Kier molecular flexibility index (Phi) is 8.93. The molecule has 1 heterocycles. The lowest BCUT2D eigenvalue weighted by Gasteiger charge is -2.26. The first kappa shape index (κ1) is 19.7. The first-order valence-corrected chi connectivity index (χ1v) is 8.04. The van der Waals surface area contributed by atoms with E-state index in [0.717, 1.165) is 42.9 Å². The third kappa shape index (κ3) is 8.17. The molecule has 0 amide bonds. The lowest BCUT2D eigenvalue weighted by atomic mass is 10.3. The molecule has 0 aromatic heterocycles. The topological polar surface area (TPSA) is 99.1 Å². The van der Waals surface area contributed by atoms with Crippen molar-refractivity contribution in [2.24, 2.45) is 0 Å². The number of hydrogen-bond donors (Lipinski definition) is 3. The molecule has 0 atom stereocenters. The number of rotatable bonds is 4. The maximum absolute atomic E-state index is 9.10. The normalized spacial score (nSPS) is 14.5. The van der Waals surface area contributed by atoms with Crippen LogP contribution in [-0.2, 0) is 9.59 Å². The lowest BCUT2D eigenvalue weighted by molar-refractivity contribution is -0.159. The summed E-state index contributed by atoms with van der Waals surface area (Å²) in [6.07, 6.45) is 0. The molecule has 9 heteroatoms. The highest BCUT2D eigenvalue weighted by Gasteiger charge is 2.09. The Morgan fingerprint density at radius 1 is 1.26 bits per heavy atom. The van der Waals surface area contributed by atoms with Crippen LogP contribution in [0.25, 0.3) is 0 Å². The summed E-state index contributed by atoms with van der Waals surface area (Å²) in [7, 11) is 0. The molecular formula is C14H18BrClN2O5. The molecule has 0 saturated carbocycles. The molecule has 0 spiro atoms. The van der Waals surface area contributed by atoms with Crippen molar-refractivity contribution < 1.29 is 24.5 Å². The number of halogens is 2. The van der Waals surface area contributed by atoms with Crippen LogP contribution in [0, 0.1) is 0 Å². The van der Waals surface area contributed by atoms with Gasteiger partial charge in [0, 0.05) is 37.2 Å². The number of nitrogens with zero attached hydrogens (tertiary/aromatic N) is 1. The van der Waals surface area contributed by atoms with Gasteiger partial charge in [-0.2, -0.15) is 0 Å². The summed E-state index contributed by atoms with van der Waals surface area (Å²) < 4.78 is 6.65. The van der Waals surface area contributed by atoms with E-state index in [-0.39, 0.29) is 0 Å². The third-order valence-corrected chi connectivity index (χ3v) is 3.74. The predicted octanol–water partition coefficient (Wildman–Crippen LogP) is 1.54. The van der Waals surface area contributed by atoms with Crippen molar-refractivity contribution in [2.75, 3.05) is 39.3 Å². The molecule has 1 aliphatic heterocycles.